The number of ether oxygens (including phenoxy) is 1. The summed E-state index contributed by atoms with van der Waals surface area (Å²) in [7, 11) is 0. The van der Waals surface area contributed by atoms with Gasteiger partial charge in [-0.25, -0.2) is 8.78 Å². The predicted octanol–water partition coefficient (Wildman–Crippen LogP) is 3.11. The van der Waals surface area contributed by atoms with E-state index >= 15 is 0 Å². The van der Waals surface area contributed by atoms with Crippen LogP contribution in [0.3, 0.4) is 0 Å². The van der Waals surface area contributed by atoms with Crippen molar-refractivity contribution in [1.29, 1.82) is 0 Å². The molecule has 1 aliphatic heterocycles. The minimum atomic E-state index is -0.322. The maximum atomic E-state index is 13.1. The van der Waals surface area contributed by atoms with Gasteiger partial charge in [-0.05, 0) is 35.4 Å². The van der Waals surface area contributed by atoms with Crippen molar-refractivity contribution in [3.63, 3.8) is 0 Å². The van der Waals surface area contributed by atoms with Crippen LogP contribution in [0.4, 0.5) is 8.78 Å². The van der Waals surface area contributed by atoms with Crippen LogP contribution in [0.25, 0.3) is 0 Å². The monoisotopic (exact) mass is 317 g/mol. The molecular weight excluding hydrogens is 300 g/mol. The van der Waals surface area contributed by atoms with E-state index in [-0.39, 0.29) is 30.0 Å². The predicted molar refractivity (Wildman–Crippen MR) is 81.8 cm³/mol. The third-order valence-corrected chi connectivity index (χ3v) is 3.97. The summed E-state index contributed by atoms with van der Waals surface area (Å²) in [6.45, 7) is 1.36. The number of carbonyl (C=O) groups excluding carboxylic acids is 1. The summed E-state index contributed by atoms with van der Waals surface area (Å²) in [6, 6.07) is 11.8. The molecule has 1 amide bonds. The quantitative estimate of drug-likeness (QED) is 0.870. The molecule has 0 radical (unpaired) electrons. The number of rotatable bonds is 3. The Bertz CT molecular complexity index is 670. The first kappa shape index (κ1) is 15.6. The minimum absolute atomic E-state index is 0.0470. The van der Waals surface area contributed by atoms with E-state index in [9.17, 15) is 13.6 Å². The maximum absolute atomic E-state index is 13.1. The first-order chi connectivity index (χ1) is 11.1. The molecule has 0 spiro atoms. The van der Waals surface area contributed by atoms with Gasteiger partial charge in [-0.3, -0.25) is 4.79 Å². The molecule has 3 nitrogen and oxygen atoms in total. The number of amides is 1. The molecule has 0 bridgehead atoms. The zero-order valence-corrected chi connectivity index (χ0v) is 12.5. The van der Waals surface area contributed by atoms with Crippen molar-refractivity contribution in [2.24, 2.45) is 0 Å². The molecule has 0 saturated carbocycles. The lowest BCUT2D eigenvalue weighted by Crippen LogP contribution is -2.44. The Kier molecular flexibility index (Phi) is 4.67. The van der Waals surface area contributed by atoms with Gasteiger partial charge < -0.3 is 9.64 Å². The van der Waals surface area contributed by atoms with Crippen LogP contribution >= 0.6 is 0 Å². The first-order valence-electron chi connectivity index (χ1n) is 7.50. The van der Waals surface area contributed by atoms with E-state index in [0.29, 0.717) is 19.8 Å². The molecular formula is C18H17F2NO2. The number of morpholine rings is 1. The van der Waals surface area contributed by atoms with Crippen LogP contribution in [0.2, 0.25) is 0 Å². The average Bonchev–Trinajstić information content (AvgIpc) is 2.58. The Labute approximate surface area is 133 Å². The molecule has 23 heavy (non-hydrogen) atoms. The summed E-state index contributed by atoms with van der Waals surface area (Å²) < 4.78 is 31.5. The normalized spacial score (nSPS) is 18.0. The molecule has 1 fully saturated rings. The van der Waals surface area contributed by atoms with Crippen molar-refractivity contribution in [3.8, 4) is 0 Å². The van der Waals surface area contributed by atoms with Crippen molar-refractivity contribution < 1.29 is 18.3 Å². The van der Waals surface area contributed by atoms with Crippen molar-refractivity contribution in [1.82, 2.24) is 4.90 Å². The molecule has 2 aromatic rings. The van der Waals surface area contributed by atoms with E-state index < -0.39 is 0 Å². The Morgan fingerprint density at radius 3 is 2.30 bits per heavy atom. The summed E-state index contributed by atoms with van der Waals surface area (Å²) in [5, 5.41) is 0. The molecule has 0 N–H and O–H groups in total. The van der Waals surface area contributed by atoms with Crippen molar-refractivity contribution >= 4 is 5.91 Å². The molecule has 1 atom stereocenters. The van der Waals surface area contributed by atoms with Crippen molar-refractivity contribution in [3.05, 3.63) is 71.3 Å². The number of halogens is 2. The van der Waals surface area contributed by atoms with Crippen LogP contribution in [-0.2, 0) is 16.0 Å². The standard InChI is InChI=1S/C18H17F2NO2/c19-15-5-1-13(2-6-15)11-18(22)21-9-10-23-12-17(21)14-3-7-16(20)8-4-14/h1-8,17H,9-12H2. The van der Waals surface area contributed by atoms with Gasteiger partial charge in [0, 0.05) is 6.54 Å². The number of hydrogen-bond donors (Lipinski definition) is 0. The second-order valence-electron chi connectivity index (χ2n) is 5.53. The van der Waals surface area contributed by atoms with Gasteiger partial charge in [0.2, 0.25) is 5.91 Å². The number of benzene rings is 2. The Morgan fingerprint density at radius 2 is 1.65 bits per heavy atom. The van der Waals surface area contributed by atoms with E-state index in [1.165, 1.54) is 24.3 Å². The van der Waals surface area contributed by atoms with E-state index in [4.69, 9.17) is 4.74 Å². The first-order valence-corrected chi connectivity index (χ1v) is 7.50. The third-order valence-electron chi connectivity index (χ3n) is 3.97. The lowest BCUT2D eigenvalue weighted by atomic mass is 10.0. The molecule has 1 aliphatic rings. The Balaban J connectivity index is 1.76. The highest BCUT2D eigenvalue weighted by Gasteiger charge is 2.28. The van der Waals surface area contributed by atoms with Gasteiger partial charge in [-0.1, -0.05) is 24.3 Å². The Morgan fingerprint density at radius 1 is 1.04 bits per heavy atom. The van der Waals surface area contributed by atoms with Crippen LogP contribution in [-0.4, -0.2) is 30.6 Å². The molecule has 0 aromatic heterocycles. The van der Waals surface area contributed by atoms with Gasteiger partial charge in [0.1, 0.15) is 11.6 Å². The minimum Gasteiger partial charge on any atom is -0.377 e. The lowest BCUT2D eigenvalue weighted by molar-refractivity contribution is -0.139. The van der Waals surface area contributed by atoms with Gasteiger partial charge in [0.25, 0.3) is 0 Å². The maximum Gasteiger partial charge on any atom is 0.227 e. The van der Waals surface area contributed by atoms with Crippen LogP contribution in [0.1, 0.15) is 17.2 Å². The molecule has 5 heteroatoms. The van der Waals surface area contributed by atoms with Gasteiger partial charge in [0.05, 0.1) is 25.7 Å². The lowest BCUT2D eigenvalue weighted by Gasteiger charge is -2.36. The van der Waals surface area contributed by atoms with Gasteiger partial charge in [-0.15, -0.1) is 0 Å². The summed E-state index contributed by atoms with van der Waals surface area (Å²) in [4.78, 5) is 14.4. The highest BCUT2D eigenvalue weighted by Crippen LogP contribution is 2.25. The molecule has 1 heterocycles. The fourth-order valence-corrected chi connectivity index (χ4v) is 2.74. The fourth-order valence-electron chi connectivity index (χ4n) is 2.74. The summed E-state index contributed by atoms with van der Waals surface area (Å²) in [5.74, 6) is -0.680. The summed E-state index contributed by atoms with van der Waals surface area (Å²) >= 11 is 0. The molecule has 2 aromatic carbocycles. The molecule has 1 saturated heterocycles. The largest absolute Gasteiger partial charge is 0.377 e. The highest BCUT2D eigenvalue weighted by atomic mass is 19.1. The smallest absolute Gasteiger partial charge is 0.227 e. The van der Waals surface area contributed by atoms with Crippen molar-refractivity contribution in [2.75, 3.05) is 19.8 Å². The summed E-state index contributed by atoms with van der Waals surface area (Å²) in [5.41, 5.74) is 1.61. The molecule has 1 unspecified atom stereocenters. The number of carbonyl (C=O) groups is 1. The highest BCUT2D eigenvalue weighted by molar-refractivity contribution is 5.79. The van der Waals surface area contributed by atoms with E-state index in [1.807, 2.05) is 0 Å². The van der Waals surface area contributed by atoms with Crippen LogP contribution < -0.4 is 0 Å². The Hall–Kier alpha value is -2.27. The van der Waals surface area contributed by atoms with E-state index in [0.717, 1.165) is 11.1 Å². The van der Waals surface area contributed by atoms with E-state index in [2.05, 4.69) is 0 Å². The van der Waals surface area contributed by atoms with Crippen LogP contribution in [0.15, 0.2) is 48.5 Å². The fraction of sp³-hybridized carbons (Fsp3) is 0.278. The molecule has 0 aliphatic carbocycles. The van der Waals surface area contributed by atoms with Gasteiger partial charge in [-0.2, -0.15) is 0 Å². The molecule has 3 rings (SSSR count). The molecule has 120 valence electrons. The second kappa shape index (κ2) is 6.87. The second-order valence-corrected chi connectivity index (χ2v) is 5.53. The SMILES string of the molecule is O=C(Cc1ccc(F)cc1)N1CCOCC1c1ccc(F)cc1. The zero-order valence-electron chi connectivity index (χ0n) is 12.5. The number of nitrogens with zero attached hydrogens (tertiary/aromatic N) is 1. The topological polar surface area (TPSA) is 29.5 Å². The summed E-state index contributed by atoms with van der Waals surface area (Å²) in [6.07, 6.45) is 0.206. The van der Waals surface area contributed by atoms with Gasteiger partial charge >= 0.3 is 0 Å². The van der Waals surface area contributed by atoms with Crippen molar-refractivity contribution in [2.45, 2.75) is 12.5 Å². The van der Waals surface area contributed by atoms with Gasteiger partial charge in [0.15, 0.2) is 0 Å². The van der Waals surface area contributed by atoms with E-state index in [1.54, 1.807) is 29.2 Å². The van der Waals surface area contributed by atoms with Crippen LogP contribution in [0, 0.1) is 11.6 Å². The number of hydrogen-bond acceptors (Lipinski definition) is 2. The zero-order chi connectivity index (χ0) is 16.2. The van der Waals surface area contributed by atoms with Crippen LogP contribution in [0.5, 0.6) is 0 Å². The third kappa shape index (κ3) is 3.74. The average molecular weight is 317 g/mol.